The Morgan fingerprint density at radius 2 is 1.66 bits per heavy atom. The van der Waals surface area contributed by atoms with Crippen molar-refractivity contribution in [1.29, 1.82) is 0 Å². The van der Waals surface area contributed by atoms with E-state index in [1.165, 1.54) is 19.2 Å². The fourth-order valence-corrected chi connectivity index (χ4v) is 9.09. The minimum absolute atomic E-state index is 0.105. The SMILES string of the molecule is CO[C@]1(C)C[C@H](O[C@H]2[C@H](C)[C@@H](O[C@@H]3O[C@H](C)C[C@H](N(C)C)[C@H]3O)[C@@](C)(O)C[C@@H](C)CN(C)[C@@H](C)[C@@H](c3ccnc(-c4ccc(F)cc4)n3)OC(=O)[C@@H]2C)O[C@@H](C)[C@@H]1O. The minimum atomic E-state index is -1.52. The van der Waals surface area contributed by atoms with Gasteiger partial charge in [-0.2, -0.15) is 0 Å². The molecule has 3 fully saturated rings. The van der Waals surface area contributed by atoms with Crippen molar-refractivity contribution in [2.75, 3.05) is 34.8 Å². The Bertz CT molecular complexity index is 1660. The normalized spacial score (nSPS) is 41.3. The Morgan fingerprint density at radius 3 is 2.29 bits per heavy atom. The van der Waals surface area contributed by atoms with Crippen LogP contribution in [0.2, 0.25) is 0 Å². The summed E-state index contributed by atoms with van der Waals surface area (Å²) in [5.41, 5.74) is -1.48. The average molecular weight is 819 g/mol. The number of aromatic nitrogens is 2. The third kappa shape index (κ3) is 10.4. The van der Waals surface area contributed by atoms with Crippen molar-refractivity contribution in [3.63, 3.8) is 0 Å². The van der Waals surface area contributed by atoms with Crippen molar-refractivity contribution in [1.82, 2.24) is 19.8 Å². The van der Waals surface area contributed by atoms with E-state index in [2.05, 4.69) is 9.88 Å². The van der Waals surface area contributed by atoms with E-state index in [-0.39, 0.29) is 36.7 Å². The highest BCUT2D eigenvalue weighted by Gasteiger charge is 2.52. The molecule has 14 nitrogen and oxygen atoms in total. The van der Waals surface area contributed by atoms with Gasteiger partial charge in [-0.05, 0) is 112 Å². The number of aliphatic hydroxyl groups is 3. The van der Waals surface area contributed by atoms with E-state index in [4.69, 9.17) is 33.4 Å². The lowest BCUT2D eigenvalue weighted by Crippen LogP contribution is -2.60. The molecule has 3 saturated heterocycles. The molecule has 16 atom stereocenters. The molecular weight excluding hydrogens is 751 g/mol. The van der Waals surface area contributed by atoms with Crippen LogP contribution in [0, 0.1) is 23.6 Å². The molecule has 4 heterocycles. The third-order valence-electron chi connectivity index (χ3n) is 12.6. The maximum absolute atomic E-state index is 14.7. The monoisotopic (exact) mass is 818 g/mol. The Kier molecular flexibility index (Phi) is 15.1. The summed E-state index contributed by atoms with van der Waals surface area (Å²) in [5.74, 6) is -2.43. The largest absolute Gasteiger partial charge is 0.454 e. The van der Waals surface area contributed by atoms with E-state index in [9.17, 15) is 24.5 Å². The van der Waals surface area contributed by atoms with Crippen LogP contribution in [-0.4, -0.2) is 148 Å². The summed E-state index contributed by atoms with van der Waals surface area (Å²) in [6.45, 7) is 15.2. The van der Waals surface area contributed by atoms with Gasteiger partial charge in [0.1, 0.15) is 18.0 Å². The molecule has 0 amide bonds. The van der Waals surface area contributed by atoms with Gasteiger partial charge in [0.2, 0.25) is 0 Å². The molecule has 326 valence electrons. The molecule has 1 aromatic heterocycles. The molecular formula is C43H67FN4O10. The van der Waals surface area contributed by atoms with Gasteiger partial charge in [0, 0.05) is 49.8 Å². The second kappa shape index (κ2) is 18.9. The first kappa shape index (κ1) is 46.4. The standard InChI is InChI=1S/C43H67FN4O10/c1-23-20-42(7,52)38(58-41-34(49)32(47(9)10)19-24(2)54-41)25(3)35(56-33-21-43(8,53-12)37(50)28(6)55-33)26(4)40(51)57-36(27(5)48(11)22-23)31-17-18-45-39(46-31)29-13-15-30(44)16-14-29/h13-18,23-28,32-38,41,49-50,52H,19-22H2,1-12H3/t23-,24-,25+,26-,27+,28+,32+,33+,34-,35+,36+,37+,38-,41+,42+,43-/m1/s1. The lowest BCUT2D eigenvalue weighted by Gasteiger charge is -2.48. The third-order valence-corrected chi connectivity index (χ3v) is 12.6. The number of hydrogen-bond acceptors (Lipinski definition) is 14. The smallest absolute Gasteiger partial charge is 0.312 e. The average Bonchev–Trinajstić information content (AvgIpc) is 3.16. The molecule has 0 saturated carbocycles. The summed E-state index contributed by atoms with van der Waals surface area (Å²) in [4.78, 5) is 28.0. The second-order valence-electron chi connectivity index (χ2n) is 17.8. The number of cyclic esters (lactones) is 1. The van der Waals surface area contributed by atoms with Crippen LogP contribution >= 0.6 is 0 Å². The van der Waals surface area contributed by atoms with Gasteiger partial charge in [0.05, 0.1) is 47.2 Å². The van der Waals surface area contributed by atoms with Gasteiger partial charge in [0.25, 0.3) is 0 Å². The van der Waals surface area contributed by atoms with E-state index in [0.717, 1.165) is 0 Å². The van der Waals surface area contributed by atoms with E-state index >= 15 is 0 Å². The molecule has 0 radical (unpaired) electrons. The number of halogens is 1. The number of hydrogen-bond donors (Lipinski definition) is 3. The van der Waals surface area contributed by atoms with Crippen LogP contribution in [-0.2, 0) is 33.2 Å². The van der Waals surface area contributed by atoms with Crippen molar-refractivity contribution < 1.29 is 52.9 Å². The quantitative estimate of drug-likeness (QED) is 0.322. The van der Waals surface area contributed by atoms with Gasteiger partial charge in [0.15, 0.2) is 24.5 Å². The van der Waals surface area contributed by atoms with Crippen molar-refractivity contribution >= 4 is 5.97 Å². The number of benzene rings is 1. The maximum atomic E-state index is 14.7. The van der Waals surface area contributed by atoms with Gasteiger partial charge in [-0.15, -0.1) is 0 Å². The van der Waals surface area contributed by atoms with Gasteiger partial charge < -0.3 is 48.6 Å². The zero-order valence-corrected chi connectivity index (χ0v) is 36.2. The first-order valence-electron chi connectivity index (χ1n) is 20.6. The van der Waals surface area contributed by atoms with Gasteiger partial charge in [-0.1, -0.05) is 13.8 Å². The lowest BCUT2D eigenvalue weighted by molar-refractivity contribution is -0.317. The molecule has 2 aromatic rings. The number of carbonyl (C=O) groups excluding carboxylic acids is 1. The van der Waals surface area contributed by atoms with Crippen LogP contribution in [0.1, 0.15) is 86.5 Å². The number of likely N-dealkylation sites (N-methyl/N-ethyl adjacent to an activating group) is 2. The minimum Gasteiger partial charge on any atom is -0.454 e. The number of ether oxygens (including phenoxy) is 6. The summed E-state index contributed by atoms with van der Waals surface area (Å²) in [5, 5.41) is 35.2. The molecule has 3 N–H and O–H groups in total. The predicted molar refractivity (Wildman–Crippen MR) is 214 cm³/mol. The van der Waals surface area contributed by atoms with Crippen molar-refractivity contribution in [2.45, 2.75) is 153 Å². The summed E-state index contributed by atoms with van der Waals surface area (Å²) >= 11 is 0. The summed E-state index contributed by atoms with van der Waals surface area (Å²) < 4.78 is 52.1. The molecule has 0 spiro atoms. The highest BCUT2D eigenvalue weighted by molar-refractivity contribution is 5.73. The molecule has 1 aromatic carbocycles. The predicted octanol–water partition coefficient (Wildman–Crippen LogP) is 4.35. The number of aliphatic hydroxyl groups excluding tert-OH is 2. The zero-order chi connectivity index (χ0) is 42.9. The summed E-state index contributed by atoms with van der Waals surface area (Å²) in [6, 6.07) is 6.91. The van der Waals surface area contributed by atoms with Gasteiger partial charge >= 0.3 is 5.97 Å². The summed E-state index contributed by atoms with van der Waals surface area (Å²) in [7, 11) is 7.24. The van der Waals surface area contributed by atoms with Gasteiger partial charge in [-0.3, -0.25) is 9.69 Å². The fourth-order valence-electron chi connectivity index (χ4n) is 9.09. The molecule has 0 bridgehead atoms. The van der Waals surface area contributed by atoms with Crippen LogP contribution in [0.3, 0.4) is 0 Å². The Morgan fingerprint density at radius 1 is 0.983 bits per heavy atom. The lowest BCUT2D eigenvalue weighted by atomic mass is 9.77. The van der Waals surface area contributed by atoms with E-state index < -0.39 is 84.3 Å². The fraction of sp³-hybridized carbons (Fsp3) is 0.744. The molecule has 5 rings (SSSR count). The number of rotatable bonds is 8. The van der Waals surface area contributed by atoms with E-state index in [0.29, 0.717) is 30.0 Å². The van der Waals surface area contributed by atoms with Crippen LogP contribution in [0.5, 0.6) is 0 Å². The zero-order valence-electron chi connectivity index (χ0n) is 36.2. The van der Waals surface area contributed by atoms with Gasteiger partial charge in [-0.25, -0.2) is 14.4 Å². The highest BCUT2D eigenvalue weighted by atomic mass is 19.1. The first-order valence-corrected chi connectivity index (χ1v) is 20.6. The molecule has 58 heavy (non-hydrogen) atoms. The molecule has 0 aliphatic carbocycles. The van der Waals surface area contributed by atoms with Crippen LogP contribution < -0.4 is 0 Å². The summed E-state index contributed by atoms with van der Waals surface area (Å²) in [6.07, 6.45) is -5.22. The van der Waals surface area contributed by atoms with Crippen molar-refractivity contribution in [2.24, 2.45) is 17.8 Å². The van der Waals surface area contributed by atoms with Crippen molar-refractivity contribution in [3.05, 3.63) is 48.0 Å². The topological polar surface area (TPSA) is 165 Å². The maximum Gasteiger partial charge on any atom is 0.312 e. The van der Waals surface area contributed by atoms with Crippen LogP contribution in [0.4, 0.5) is 4.39 Å². The number of nitrogens with zero attached hydrogens (tertiary/aromatic N) is 4. The van der Waals surface area contributed by atoms with E-state index in [1.807, 2.05) is 53.7 Å². The first-order chi connectivity index (χ1) is 27.1. The number of carbonyl (C=O) groups is 1. The number of esters is 1. The molecule has 15 heteroatoms. The molecule has 3 aliphatic rings. The van der Waals surface area contributed by atoms with E-state index in [1.54, 1.807) is 52.1 Å². The van der Waals surface area contributed by atoms with Crippen LogP contribution in [0.15, 0.2) is 36.5 Å². The Labute approximate surface area is 343 Å². The highest BCUT2D eigenvalue weighted by Crippen LogP contribution is 2.40. The van der Waals surface area contributed by atoms with Crippen LogP contribution in [0.25, 0.3) is 11.4 Å². The molecule has 3 aliphatic heterocycles. The Hall–Kier alpha value is -2.70. The second-order valence-corrected chi connectivity index (χ2v) is 17.8. The molecule has 0 unspecified atom stereocenters. The number of methoxy groups -OCH3 is 1. The Balaban J connectivity index is 1.58. The van der Waals surface area contributed by atoms with Crippen molar-refractivity contribution in [3.8, 4) is 11.4 Å².